The minimum Gasteiger partial charge on any atom is -0.493 e. The van der Waals surface area contributed by atoms with Gasteiger partial charge in [0.1, 0.15) is 11.6 Å². The van der Waals surface area contributed by atoms with Crippen molar-refractivity contribution in [3.05, 3.63) is 66.0 Å². The molecule has 6 heteroatoms. The molecule has 0 bridgehead atoms. The Morgan fingerprint density at radius 2 is 1.64 bits per heavy atom. The van der Waals surface area contributed by atoms with E-state index in [-0.39, 0.29) is 37.2 Å². The number of carbonyl (C=O) groups excluding carboxylic acids is 2. The minimum absolute atomic E-state index is 0.0758. The molecule has 0 radical (unpaired) electrons. The first-order valence-corrected chi connectivity index (χ1v) is 8.09. The third-order valence-electron chi connectivity index (χ3n) is 3.44. The predicted molar refractivity (Wildman–Crippen MR) is 92.7 cm³/mol. The maximum atomic E-state index is 12.8. The van der Waals surface area contributed by atoms with Crippen LogP contribution in [0.25, 0.3) is 0 Å². The molecule has 0 saturated carbocycles. The summed E-state index contributed by atoms with van der Waals surface area (Å²) in [6, 6.07) is 15.3. The number of para-hydroxylation sites is 1. The van der Waals surface area contributed by atoms with Crippen molar-refractivity contribution >= 4 is 11.8 Å². The van der Waals surface area contributed by atoms with Crippen molar-refractivity contribution in [1.82, 2.24) is 10.6 Å². The summed E-state index contributed by atoms with van der Waals surface area (Å²) in [5.41, 5.74) is 0.934. The predicted octanol–water partition coefficient (Wildman–Crippen LogP) is 2.07. The summed E-state index contributed by atoms with van der Waals surface area (Å²) < 4.78 is 18.2. The number of hydrogen-bond donors (Lipinski definition) is 2. The topological polar surface area (TPSA) is 67.4 Å². The second-order valence-corrected chi connectivity index (χ2v) is 5.41. The molecule has 2 aromatic carbocycles. The van der Waals surface area contributed by atoms with Gasteiger partial charge in [-0.3, -0.25) is 9.59 Å². The lowest BCUT2D eigenvalue weighted by Gasteiger charge is -2.08. The van der Waals surface area contributed by atoms with Crippen molar-refractivity contribution in [2.24, 2.45) is 0 Å². The molecule has 0 aliphatic carbocycles. The minimum atomic E-state index is -0.285. The van der Waals surface area contributed by atoms with Gasteiger partial charge in [-0.25, -0.2) is 4.39 Å². The molecule has 2 aromatic rings. The summed E-state index contributed by atoms with van der Waals surface area (Å²) in [6.07, 6.45) is 0.780. The van der Waals surface area contributed by atoms with Crippen molar-refractivity contribution in [1.29, 1.82) is 0 Å². The molecule has 2 amide bonds. The zero-order chi connectivity index (χ0) is 17.9. The zero-order valence-corrected chi connectivity index (χ0v) is 13.8. The normalized spacial score (nSPS) is 10.1. The van der Waals surface area contributed by atoms with Gasteiger partial charge in [0.25, 0.3) is 0 Å². The van der Waals surface area contributed by atoms with E-state index in [4.69, 9.17) is 4.74 Å². The molecule has 2 N–H and O–H groups in total. The summed E-state index contributed by atoms with van der Waals surface area (Å²) in [4.78, 5) is 23.3. The fraction of sp³-hybridized carbons (Fsp3) is 0.263. The monoisotopic (exact) mass is 344 g/mol. The highest BCUT2D eigenvalue weighted by molar-refractivity contribution is 5.84. The van der Waals surface area contributed by atoms with Crippen LogP contribution < -0.4 is 15.4 Å². The van der Waals surface area contributed by atoms with Crippen molar-refractivity contribution in [3.63, 3.8) is 0 Å². The van der Waals surface area contributed by atoms with Gasteiger partial charge in [0, 0.05) is 6.54 Å². The number of ether oxygens (including phenoxy) is 1. The number of benzene rings is 2. The summed E-state index contributed by atoms with van der Waals surface area (Å²) in [5.74, 6) is -0.0929. The Hall–Kier alpha value is -2.89. The molecule has 132 valence electrons. The highest BCUT2D eigenvalue weighted by Crippen LogP contribution is 2.08. The second kappa shape index (κ2) is 10.1. The molecule has 2 rings (SSSR count). The van der Waals surface area contributed by atoms with Gasteiger partial charge >= 0.3 is 0 Å². The second-order valence-electron chi connectivity index (χ2n) is 5.41. The van der Waals surface area contributed by atoms with Crippen molar-refractivity contribution in [2.75, 3.05) is 19.7 Å². The van der Waals surface area contributed by atoms with Crippen molar-refractivity contribution in [2.45, 2.75) is 12.8 Å². The van der Waals surface area contributed by atoms with E-state index in [0.29, 0.717) is 18.7 Å². The maximum absolute atomic E-state index is 12.8. The lowest BCUT2D eigenvalue weighted by molar-refractivity contribution is -0.126. The third-order valence-corrected chi connectivity index (χ3v) is 3.44. The summed E-state index contributed by atoms with van der Waals surface area (Å²) in [7, 11) is 0. The Morgan fingerprint density at radius 1 is 0.920 bits per heavy atom. The van der Waals surface area contributed by atoms with E-state index in [9.17, 15) is 14.0 Å². The fourth-order valence-electron chi connectivity index (χ4n) is 2.11. The van der Waals surface area contributed by atoms with Gasteiger partial charge in [-0.05, 0) is 36.2 Å². The van der Waals surface area contributed by atoms with Crippen LogP contribution in [0.3, 0.4) is 0 Å². The Balaban J connectivity index is 1.54. The van der Waals surface area contributed by atoms with E-state index in [0.717, 1.165) is 5.56 Å². The Bertz CT molecular complexity index is 675. The van der Waals surface area contributed by atoms with Gasteiger partial charge < -0.3 is 15.4 Å². The average molecular weight is 344 g/mol. The molecule has 5 nitrogen and oxygen atoms in total. The molecule has 25 heavy (non-hydrogen) atoms. The van der Waals surface area contributed by atoms with Crippen LogP contribution in [-0.4, -0.2) is 31.5 Å². The van der Waals surface area contributed by atoms with Gasteiger partial charge in [0.15, 0.2) is 0 Å². The van der Waals surface area contributed by atoms with E-state index in [2.05, 4.69) is 10.6 Å². The molecular formula is C19H21FN2O3. The van der Waals surface area contributed by atoms with Crippen LogP contribution in [-0.2, 0) is 16.0 Å². The smallest absolute Gasteiger partial charge is 0.239 e. The van der Waals surface area contributed by atoms with Crippen molar-refractivity contribution < 1.29 is 18.7 Å². The molecule has 0 unspecified atom stereocenters. The number of amides is 2. The Labute approximate surface area is 146 Å². The lowest BCUT2D eigenvalue weighted by Crippen LogP contribution is -2.38. The van der Waals surface area contributed by atoms with E-state index in [1.165, 1.54) is 12.1 Å². The number of rotatable bonds is 9. The van der Waals surface area contributed by atoms with Crippen LogP contribution in [0.2, 0.25) is 0 Å². The summed E-state index contributed by atoms with van der Waals surface area (Å²) >= 11 is 0. The van der Waals surface area contributed by atoms with Crippen molar-refractivity contribution in [3.8, 4) is 5.75 Å². The van der Waals surface area contributed by atoms with E-state index < -0.39 is 0 Å². The van der Waals surface area contributed by atoms with Gasteiger partial charge in [-0.2, -0.15) is 0 Å². The molecule has 0 aliphatic heterocycles. The molecule has 0 fully saturated rings. The summed E-state index contributed by atoms with van der Waals surface area (Å²) in [6.45, 7) is 0.604. The number of hydrogen-bond acceptors (Lipinski definition) is 3. The van der Waals surface area contributed by atoms with Gasteiger partial charge in [-0.15, -0.1) is 0 Å². The first-order chi connectivity index (χ1) is 12.1. The molecule has 0 aliphatic rings. The standard InChI is InChI=1S/C19H21FN2O3/c20-16-8-6-15(7-9-16)10-12-21-19(24)14-22-18(23)11-13-25-17-4-2-1-3-5-17/h1-9H,10-14H2,(H,21,24)(H,22,23). The first kappa shape index (κ1) is 18.4. The van der Waals surface area contributed by atoms with Crippen LogP contribution in [0.5, 0.6) is 5.75 Å². The van der Waals surface area contributed by atoms with E-state index in [1.807, 2.05) is 30.3 Å². The average Bonchev–Trinajstić information content (AvgIpc) is 2.62. The fourth-order valence-corrected chi connectivity index (χ4v) is 2.11. The van der Waals surface area contributed by atoms with Crippen LogP contribution in [0, 0.1) is 5.82 Å². The Kier molecular flexibility index (Phi) is 7.43. The highest BCUT2D eigenvalue weighted by atomic mass is 19.1. The highest BCUT2D eigenvalue weighted by Gasteiger charge is 2.06. The van der Waals surface area contributed by atoms with E-state index >= 15 is 0 Å². The molecule has 0 heterocycles. The van der Waals surface area contributed by atoms with Gasteiger partial charge in [0.05, 0.1) is 19.6 Å². The van der Waals surface area contributed by atoms with Gasteiger partial charge in [-0.1, -0.05) is 30.3 Å². The molecular weight excluding hydrogens is 323 g/mol. The molecule has 0 saturated heterocycles. The molecule has 0 spiro atoms. The maximum Gasteiger partial charge on any atom is 0.239 e. The Morgan fingerprint density at radius 3 is 2.36 bits per heavy atom. The van der Waals surface area contributed by atoms with Crippen LogP contribution in [0.15, 0.2) is 54.6 Å². The SMILES string of the molecule is O=C(CCOc1ccccc1)NCC(=O)NCCc1ccc(F)cc1. The zero-order valence-electron chi connectivity index (χ0n) is 13.8. The molecule has 0 atom stereocenters. The summed E-state index contributed by atoms with van der Waals surface area (Å²) in [5, 5.41) is 5.25. The number of halogens is 1. The van der Waals surface area contributed by atoms with E-state index in [1.54, 1.807) is 12.1 Å². The van der Waals surface area contributed by atoms with Crippen LogP contribution in [0.4, 0.5) is 4.39 Å². The number of nitrogens with one attached hydrogen (secondary N) is 2. The largest absolute Gasteiger partial charge is 0.493 e. The van der Waals surface area contributed by atoms with Crippen LogP contribution in [0.1, 0.15) is 12.0 Å². The van der Waals surface area contributed by atoms with Gasteiger partial charge in [0.2, 0.25) is 11.8 Å². The third kappa shape index (κ3) is 7.48. The lowest BCUT2D eigenvalue weighted by atomic mass is 10.1. The molecule has 0 aromatic heterocycles. The number of carbonyl (C=O) groups is 2. The quantitative estimate of drug-likeness (QED) is 0.732. The van der Waals surface area contributed by atoms with Crippen LogP contribution >= 0.6 is 0 Å². The first-order valence-electron chi connectivity index (χ1n) is 8.09.